The van der Waals surface area contributed by atoms with Gasteiger partial charge in [0.1, 0.15) is 11.6 Å². The first-order valence-corrected chi connectivity index (χ1v) is 8.41. The number of aromatic nitrogens is 2. The summed E-state index contributed by atoms with van der Waals surface area (Å²) in [5.74, 6) is 2.40. The molecule has 1 aromatic heterocycles. The average Bonchev–Trinajstić information content (AvgIpc) is 3.35. The Labute approximate surface area is 136 Å². The van der Waals surface area contributed by atoms with Crippen molar-refractivity contribution >= 4 is 5.69 Å². The summed E-state index contributed by atoms with van der Waals surface area (Å²) in [4.78, 5) is 6.97. The zero-order chi connectivity index (χ0) is 15.6. The standard InChI is InChI=1S/C18H23N3O2/c1-22-17-12-15(4-5-16(17)20-8-2-3-9-20)21-10-7-19-18(21)14-6-11-23-13-14/h4-5,7,10,12,14H,2-3,6,8-9,11,13H2,1H3/t14-/m1/s1. The summed E-state index contributed by atoms with van der Waals surface area (Å²) in [6.07, 6.45) is 7.46. The topological polar surface area (TPSA) is 39.5 Å². The van der Waals surface area contributed by atoms with E-state index in [1.54, 1.807) is 7.11 Å². The van der Waals surface area contributed by atoms with Crippen LogP contribution in [0.25, 0.3) is 5.69 Å². The molecule has 3 heterocycles. The van der Waals surface area contributed by atoms with Crippen LogP contribution in [0, 0.1) is 0 Å². The summed E-state index contributed by atoms with van der Waals surface area (Å²) in [6.45, 7) is 3.83. The molecule has 122 valence electrons. The number of imidazole rings is 1. The molecule has 0 bridgehead atoms. The summed E-state index contributed by atoms with van der Waals surface area (Å²) >= 11 is 0. The monoisotopic (exact) mass is 313 g/mol. The first-order chi connectivity index (χ1) is 11.4. The maximum absolute atomic E-state index is 5.66. The van der Waals surface area contributed by atoms with Gasteiger partial charge in [0.15, 0.2) is 0 Å². The quantitative estimate of drug-likeness (QED) is 0.870. The Morgan fingerprint density at radius 1 is 1.26 bits per heavy atom. The lowest BCUT2D eigenvalue weighted by molar-refractivity contribution is 0.193. The van der Waals surface area contributed by atoms with E-state index in [0.717, 1.165) is 50.0 Å². The van der Waals surface area contributed by atoms with Crippen LogP contribution >= 0.6 is 0 Å². The van der Waals surface area contributed by atoms with E-state index in [2.05, 4.69) is 32.7 Å². The fraction of sp³-hybridized carbons (Fsp3) is 0.500. The van der Waals surface area contributed by atoms with Crippen LogP contribution < -0.4 is 9.64 Å². The van der Waals surface area contributed by atoms with Crippen LogP contribution in [-0.4, -0.2) is 43.0 Å². The fourth-order valence-electron chi connectivity index (χ4n) is 3.61. The Balaban J connectivity index is 1.68. The lowest BCUT2D eigenvalue weighted by Crippen LogP contribution is -2.18. The normalized spacial score (nSPS) is 21.1. The van der Waals surface area contributed by atoms with Crippen LogP contribution in [0.4, 0.5) is 5.69 Å². The van der Waals surface area contributed by atoms with Gasteiger partial charge in [-0.3, -0.25) is 0 Å². The third-order valence-corrected chi connectivity index (χ3v) is 4.85. The van der Waals surface area contributed by atoms with Crippen molar-refractivity contribution in [2.24, 2.45) is 0 Å². The number of hydrogen-bond acceptors (Lipinski definition) is 4. The third kappa shape index (κ3) is 2.70. The molecule has 1 aromatic carbocycles. The molecule has 23 heavy (non-hydrogen) atoms. The lowest BCUT2D eigenvalue weighted by Gasteiger charge is -2.21. The van der Waals surface area contributed by atoms with Crippen LogP contribution in [0.2, 0.25) is 0 Å². The molecule has 2 saturated heterocycles. The highest BCUT2D eigenvalue weighted by molar-refractivity contribution is 5.63. The van der Waals surface area contributed by atoms with E-state index in [1.807, 2.05) is 12.4 Å². The molecule has 0 radical (unpaired) electrons. The molecule has 2 aliphatic heterocycles. The first kappa shape index (κ1) is 14.6. The van der Waals surface area contributed by atoms with Crippen LogP contribution in [0.3, 0.4) is 0 Å². The molecule has 2 aromatic rings. The van der Waals surface area contributed by atoms with E-state index in [9.17, 15) is 0 Å². The molecule has 2 fully saturated rings. The molecule has 5 heteroatoms. The molecule has 0 saturated carbocycles. The van der Waals surface area contributed by atoms with E-state index >= 15 is 0 Å². The van der Waals surface area contributed by atoms with Crippen LogP contribution in [-0.2, 0) is 4.74 Å². The largest absolute Gasteiger partial charge is 0.495 e. The van der Waals surface area contributed by atoms with Crippen molar-refractivity contribution in [1.82, 2.24) is 9.55 Å². The van der Waals surface area contributed by atoms with Gasteiger partial charge in [-0.15, -0.1) is 0 Å². The predicted octanol–water partition coefficient (Wildman–Crippen LogP) is 2.99. The van der Waals surface area contributed by atoms with Crippen molar-refractivity contribution < 1.29 is 9.47 Å². The second-order valence-corrected chi connectivity index (χ2v) is 6.27. The summed E-state index contributed by atoms with van der Waals surface area (Å²) in [5.41, 5.74) is 2.30. The minimum absolute atomic E-state index is 0.384. The van der Waals surface area contributed by atoms with E-state index in [1.165, 1.54) is 18.5 Å². The van der Waals surface area contributed by atoms with Gasteiger partial charge >= 0.3 is 0 Å². The molecule has 0 spiro atoms. The average molecular weight is 313 g/mol. The number of nitrogens with zero attached hydrogens (tertiary/aromatic N) is 3. The smallest absolute Gasteiger partial charge is 0.144 e. The summed E-state index contributed by atoms with van der Waals surface area (Å²) in [6, 6.07) is 6.46. The highest BCUT2D eigenvalue weighted by atomic mass is 16.5. The predicted molar refractivity (Wildman–Crippen MR) is 89.7 cm³/mol. The van der Waals surface area contributed by atoms with Gasteiger partial charge in [-0.1, -0.05) is 0 Å². The first-order valence-electron chi connectivity index (χ1n) is 8.41. The van der Waals surface area contributed by atoms with E-state index < -0.39 is 0 Å². The Bertz CT molecular complexity index is 671. The number of ether oxygens (including phenoxy) is 2. The Kier molecular flexibility index (Phi) is 3.95. The molecular formula is C18H23N3O2. The van der Waals surface area contributed by atoms with Gasteiger partial charge in [0.05, 0.1) is 25.1 Å². The van der Waals surface area contributed by atoms with Crippen molar-refractivity contribution in [2.45, 2.75) is 25.2 Å². The van der Waals surface area contributed by atoms with E-state index in [0.29, 0.717) is 5.92 Å². The number of anilines is 1. The molecule has 1 atom stereocenters. The molecule has 0 N–H and O–H groups in total. The van der Waals surface area contributed by atoms with Crippen molar-refractivity contribution in [3.8, 4) is 11.4 Å². The Morgan fingerprint density at radius 3 is 2.87 bits per heavy atom. The molecule has 5 nitrogen and oxygen atoms in total. The maximum Gasteiger partial charge on any atom is 0.144 e. The van der Waals surface area contributed by atoms with Crippen molar-refractivity contribution in [3.05, 3.63) is 36.4 Å². The molecule has 0 unspecified atom stereocenters. The number of hydrogen-bond donors (Lipinski definition) is 0. The van der Waals surface area contributed by atoms with Gasteiger partial charge in [0.25, 0.3) is 0 Å². The lowest BCUT2D eigenvalue weighted by atomic mass is 10.1. The zero-order valence-corrected chi connectivity index (χ0v) is 13.6. The van der Waals surface area contributed by atoms with Crippen molar-refractivity contribution in [2.75, 3.05) is 38.3 Å². The van der Waals surface area contributed by atoms with Gasteiger partial charge in [0.2, 0.25) is 0 Å². The van der Waals surface area contributed by atoms with Crippen LogP contribution in [0.5, 0.6) is 5.75 Å². The molecule has 4 rings (SSSR count). The highest BCUT2D eigenvalue weighted by Gasteiger charge is 2.23. The second kappa shape index (κ2) is 6.24. The van der Waals surface area contributed by atoms with Gasteiger partial charge in [-0.05, 0) is 31.4 Å². The van der Waals surface area contributed by atoms with Gasteiger partial charge < -0.3 is 18.9 Å². The molecule has 0 amide bonds. The second-order valence-electron chi connectivity index (χ2n) is 6.27. The molecule has 0 aliphatic carbocycles. The van der Waals surface area contributed by atoms with Crippen LogP contribution in [0.15, 0.2) is 30.6 Å². The van der Waals surface area contributed by atoms with Crippen molar-refractivity contribution in [1.29, 1.82) is 0 Å². The van der Waals surface area contributed by atoms with E-state index in [4.69, 9.17) is 9.47 Å². The Morgan fingerprint density at radius 2 is 2.13 bits per heavy atom. The van der Waals surface area contributed by atoms with Crippen LogP contribution in [0.1, 0.15) is 31.0 Å². The summed E-state index contributed by atoms with van der Waals surface area (Å²) in [7, 11) is 1.75. The van der Waals surface area contributed by atoms with Crippen molar-refractivity contribution in [3.63, 3.8) is 0 Å². The molecular weight excluding hydrogens is 290 g/mol. The number of methoxy groups -OCH3 is 1. The minimum atomic E-state index is 0.384. The summed E-state index contributed by atoms with van der Waals surface area (Å²) in [5, 5.41) is 0. The van der Waals surface area contributed by atoms with Gasteiger partial charge in [-0.25, -0.2) is 4.98 Å². The van der Waals surface area contributed by atoms with Gasteiger partial charge in [0, 0.05) is 44.1 Å². The SMILES string of the molecule is COc1cc(-n2ccnc2[C@@H]2CCOC2)ccc1N1CCCC1. The minimum Gasteiger partial charge on any atom is -0.495 e. The van der Waals surface area contributed by atoms with Gasteiger partial charge in [-0.2, -0.15) is 0 Å². The number of benzene rings is 1. The summed E-state index contributed by atoms with van der Waals surface area (Å²) < 4.78 is 13.3. The number of rotatable bonds is 4. The fourth-order valence-corrected chi connectivity index (χ4v) is 3.61. The molecule has 2 aliphatic rings. The highest BCUT2D eigenvalue weighted by Crippen LogP contribution is 2.34. The Hall–Kier alpha value is -2.01. The zero-order valence-electron chi connectivity index (χ0n) is 13.6. The van der Waals surface area contributed by atoms with E-state index in [-0.39, 0.29) is 0 Å². The third-order valence-electron chi connectivity index (χ3n) is 4.85. The maximum atomic E-state index is 5.66.